The van der Waals surface area contributed by atoms with Gasteiger partial charge in [-0.1, -0.05) is 29.5 Å². The first-order valence-corrected chi connectivity index (χ1v) is 13.2. The predicted molar refractivity (Wildman–Crippen MR) is 153 cm³/mol. The summed E-state index contributed by atoms with van der Waals surface area (Å²) in [5, 5.41) is 3.42. The molecule has 9 nitrogen and oxygen atoms in total. The SMILES string of the molecule is COCCOc1ccc(Nc2nccc(-c3sc(N)nc3-c3cccc(CC(=O)c4cccn4C)c3)n2)cc1F. The molecule has 204 valence electrons. The van der Waals surface area contributed by atoms with Crippen molar-refractivity contribution in [2.75, 3.05) is 31.4 Å². The fourth-order valence-corrected chi connectivity index (χ4v) is 4.99. The third-order valence-corrected chi connectivity index (χ3v) is 6.97. The molecule has 0 fully saturated rings. The molecule has 5 aromatic rings. The molecule has 5 rings (SSSR count). The van der Waals surface area contributed by atoms with Crippen molar-refractivity contribution in [2.45, 2.75) is 6.42 Å². The highest BCUT2D eigenvalue weighted by atomic mass is 32.1. The maximum Gasteiger partial charge on any atom is 0.227 e. The third-order valence-electron chi connectivity index (χ3n) is 6.06. The van der Waals surface area contributed by atoms with Gasteiger partial charge in [-0.15, -0.1) is 0 Å². The third kappa shape index (κ3) is 6.16. The quantitative estimate of drug-likeness (QED) is 0.161. The lowest BCUT2D eigenvalue weighted by Crippen LogP contribution is -2.08. The molecule has 3 N–H and O–H groups in total. The number of nitrogens with one attached hydrogen (secondary N) is 1. The molecular weight excluding hydrogens is 531 g/mol. The van der Waals surface area contributed by atoms with E-state index in [2.05, 4.69) is 20.3 Å². The van der Waals surface area contributed by atoms with Crippen LogP contribution < -0.4 is 15.8 Å². The Morgan fingerprint density at radius 1 is 1.10 bits per heavy atom. The largest absolute Gasteiger partial charge is 0.488 e. The number of halogens is 1. The van der Waals surface area contributed by atoms with Crippen molar-refractivity contribution < 1.29 is 18.7 Å². The van der Waals surface area contributed by atoms with Crippen LogP contribution in [0.2, 0.25) is 0 Å². The number of nitrogens with zero attached hydrogens (tertiary/aromatic N) is 4. The summed E-state index contributed by atoms with van der Waals surface area (Å²) in [6, 6.07) is 17.6. The minimum absolute atomic E-state index is 0.0280. The molecule has 2 aromatic carbocycles. The van der Waals surface area contributed by atoms with Gasteiger partial charge in [0, 0.05) is 50.3 Å². The summed E-state index contributed by atoms with van der Waals surface area (Å²) >= 11 is 1.30. The van der Waals surface area contributed by atoms with Crippen molar-refractivity contribution in [3.63, 3.8) is 0 Å². The van der Waals surface area contributed by atoms with Crippen LogP contribution in [-0.4, -0.2) is 45.6 Å². The molecule has 0 aliphatic heterocycles. The van der Waals surface area contributed by atoms with Gasteiger partial charge in [-0.05, 0) is 42.0 Å². The van der Waals surface area contributed by atoms with Gasteiger partial charge < -0.3 is 25.1 Å². The fraction of sp³-hybridized carbons (Fsp3) is 0.172. The molecule has 0 bridgehead atoms. The molecule has 40 heavy (non-hydrogen) atoms. The zero-order chi connectivity index (χ0) is 28.1. The highest BCUT2D eigenvalue weighted by Gasteiger charge is 2.17. The van der Waals surface area contributed by atoms with Gasteiger partial charge in [0.15, 0.2) is 22.5 Å². The summed E-state index contributed by atoms with van der Waals surface area (Å²) in [5.41, 5.74) is 10.2. The van der Waals surface area contributed by atoms with Gasteiger partial charge in [0.05, 0.1) is 28.6 Å². The van der Waals surface area contributed by atoms with Crippen molar-refractivity contribution in [2.24, 2.45) is 7.05 Å². The first-order valence-electron chi connectivity index (χ1n) is 12.4. The Balaban J connectivity index is 1.37. The van der Waals surface area contributed by atoms with Crippen molar-refractivity contribution in [1.29, 1.82) is 0 Å². The van der Waals surface area contributed by atoms with Crippen molar-refractivity contribution >= 4 is 33.9 Å². The molecule has 11 heteroatoms. The molecule has 3 heterocycles. The lowest BCUT2D eigenvalue weighted by molar-refractivity contribution is 0.0985. The number of carbonyl (C=O) groups excluding carboxylic acids is 1. The lowest BCUT2D eigenvalue weighted by Gasteiger charge is -2.10. The van der Waals surface area contributed by atoms with E-state index in [0.717, 1.165) is 16.0 Å². The summed E-state index contributed by atoms with van der Waals surface area (Å²) in [6.45, 7) is 0.609. The zero-order valence-corrected chi connectivity index (χ0v) is 22.7. The van der Waals surface area contributed by atoms with Crippen LogP contribution in [0.4, 0.5) is 21.2 Å². The Hall–Kier alpha value is -4.61. The number of hydrogen-bond acceptors (Lipinski definition) is 9. The molecule has 3 aromatic heterocycles. The smallest absolute Gasteiger partial charge is 0.227 e. The van der Waals surface area contributed by atoms with E-state index >= 15 is 0 Å². The Labute approximate surface area is 234 Å². The Morgan fingerprint density at radius 3 is 2.75 bits per heavy atom. The number of rotatable bonds is 11. The number of Topliss-reactive ketones (excluding diaryl/α,β-unsaturated/α-hetero) is 1. The number of methoxy groups -OCH3 is 1. The summed E-state index contributed by atoms with van der Waals surface area (Å²) in [4.78, 5) is 27.0. The van der Waals surface area contributed by atoms with E-state index in [1.54, 1.807) is 25.4 Å². The topological polar surface area (TPSA) is 117 Å². The lowest BCUT2D eigenvalue weighted by atomic mass is 10.0. The van der Waals surface area contributed by atoms with Crippen LogP contribution in [-0.2, 0) is 18.2 Å². The molecule has 0 amide bonds. The summed E-state index contributed by atoms with van der Waals surface area (Å²) in [5.74, 6) is -0.0696. The molecule has 0 radical (unpaired) electrons. The maximum atomic E-state index is 14.5. The number of aromatic nitrogens is 4. The second-order valence-corrected chi connectivity index (χ2v) is 9.94. The van der Waals surface area contributed by atoms with Crippen LogP contribution in [0.15, 0.2) is 73.1 Å². The standard InChI is InChI=1S/C29H27FN6O3S/c1-36-12-4-7-23(36)24(37)16-18-5-3-6-19(15-18)26-27(40-28(31)35-26)22-10-11-32-29(34-22)33-20-8-9-25(21(30)17-20)39-14-13-38-2/h3-12,15,17H,13-14,16H2,1-2H3,(H2,31,35)(H,32,33,34). The average Bonchev–Trinajstić information content (AvgIpc) is 3.56. The highest BCUT2D eigenvalue weighted by Crippen LogP contribution is 2.37. The van der Waals surface area contributed by atoms with E-state index in [1.165, 1.54) is 23.5 Å². The van der Waals surface area contributed by atoms with Crippen LogP contribution in [0.5, 0.6) is 5.75 Å². The molecule has 0 saturated carbocycles. The number of nitrogens with two attached hydrogens (primary N) is 1. The number of aryl methyl sites for hydroxylation is 1. The van der Waals surface area contributed by atoms with Gasteiger partial charge in [0.1, 0.15) is 6.61 Å². The van der Waals surface area contributed by atoms with Crippen molar-refractivity contribution in [3.05, 3.63) is 90.1 Å². The summed E-state index contributed by atoms with van der Waals surface area (Å²) < 4.78 is 26.6. The van der Waals surface area contributed by atoms with E-state index in [0.29, 0.717) is 34.5 Å². The van der Waals surface area contributed by atoms with E-state index in [4.69, 9.17) is 15.2 Å². The highest BCUT2D eigenvalue weighted by molar-refractivity contribution is 7.19. The Kier molecular flexibility index (Phi) is 8.13. The number of benzene rings is 2. The number of thiazole rings is 1. The van der Waals surface area contributed by atoms with Crippen LogP contribution in [0, 0.1) is 5.82 Å². The van der Waals surface area contributed by atoms with Gasteiger partial charge in [-0.3, -0.25) is 4.79 Å². The average molecular weight is 559 g/mol. The zero-order valence-electron chi connectivity index (χ0n) is 21.9. The normalized spacial score (nSPS) is 11.0. The Bertz CT molecular complexity index is 1650. The monoisotopic (exact) mass is 558 g/mol. The van der Waals surface area contributed by atoms with E-state index in [-0.39, 0.29) is 30.5 Å². The van der Waals surface area contributed by atoms with Gasteiger partial charge >= 0.3 is 0 Å². The first kappa shape index (κ1) is 27.0. The maximum absolute atomic E-state index is 14.5. The molecule has 0 aliphatic carbocycles. The van der Waals surface area contributed by atoms with Crippen LogP contribution in [0.1, 0.15) is 16.1 Å². The number of carbonyl (C=O) groups is 1. The summed E-state index contributed by atoms with van der Waals surface area (Å²) in [7, 11) is 3.40. The van der Waals surface area contributed by atoms with Gasteiger partial charge in [-0.2, -0.15) is 0 Å². The van der Waals surface area contributed by atoms with Crippen LogP contribution in [0.25, 0.3) is 21.8 Å². The Morgan fingerprint density at radius 2 is 1.98 bits per heavy atom. The van der Waals surface area contributed by atoms with Crippen LogP contribution >= 0.6 is 11.3 Å². The minimum Gasteiger partial charge on any atom is -0.488 e. The number of ketones is 1. The molecule has 0 aliphatic rings. The van der Waals surface area contributed by atoms with Crippen molar-refractivity contribution in [1.82, 2.24) is 19.5 Å². The number of ether oxygens (including phenoxy) is 2. The number of anilines is 3. The second kappa shape index (κ2) is 12.1. The number of hydrogen-bond donors (Lipinski definition) is 2. The minimum atomic E-state index is -0.514. The molecule has 0 spiro atoms. The molecule has 0 unspecified atom stereocenters. The molecule has 0 atom stereocenters. The van der Waals surface area contributed by atoms with Crippen LogP contribution in [0.3, 0.4) is 0 Å². The van der Waals surface area contributed by atoms with E-state index in [1.807, 2.05) is 54.2 Å². The predicted octanol–water partition coefficient (Wildman–Crippen LogP) is 5.52. The van der Waals surface area contributed by atoms with E-state index < -0.39 is 5.82 Å². The fourth-order valence-electron chi connectivity index (χ4n) is 4.17. The van der Waals surface area contributed by atoms with Gasteiger partial charge in [-0.25, -0.2) is 19.3 Å². The molecular formula is C29H27FN6O3S. The first-order chi connectivity index (χ1) is 19.4. The van der Waals surface area contributed by atoms with E-state index in [9.17, 15) is 9.18 Å². The molecule has 0 saturated heterocycles. The van der Waals surface area contributed by atoms with Gasteiger partial charge in [0.25, 0.3) is 0 Å². The van der Waals surface area contributed by atoms with Crippen molar-refractivity contribution in [3.8, 4) is 27.6 Å². The second-order valence-electron chi connectivity index (χ2n) is 8.91. The summed E-state index contributed by atoms with van der Waals surface area (Å²) in [6.07, 6.45) is 3.72. The van der Waals surface area contributed by atoms with Gasteiger partial charge in [0.2, 0.25) is 5.95 Å². The number of nitrogen functional groups attached to an aromatic ring is 1.